The summed E-state index contributed by atoms with van der Waals surface area (Å²) >= 11 is 6.33. The van der Waals surface area contributed by atoms with Crippen LogP contribution in [-0.4, -0.2) is 15.9 Å². The van der Waals surface area contributed by atoms with Crippen LogP contribution in [0.15, 0.2) is 48.5 Å². The maximum atomic E-state index is 12.2. The van der Waals surface area contributed by atoms with Crippen LogP contribution in [0, 0.1) is 0 Å². The molecule has 1 aromatic heterocycles. The first kappa shape index (κ1) is 13.7. The fourth-order valence-corrected chi connectivity index (χ4v) is 2.88. The van der Waals surface area contributed by atoms with Gasteiger partial charge in [0.25, 0.3) is 5.91 Å². The Hall–Kier alpha value is -2.31. The maximum Gasteiger partial charge on any atom is 0.257 e. The minimum atomic E-state index is -0.205. The van der Waals surface area contributed by atoms with Crippen molar-refractivity contribution in [3.05, 3.63) is 59.7 Å². The number of fused-ring (bicyclic) bond motifs is 1. The zero-order valence-corrected chi connectivity index (χ0v) is 12.5. The van der Waals surface area contributed by atoms with Crippen molar-refractivity contribution in [1.29, 1.82) is 0 Å². The van der Waals surface area contributed by atoms with Crippen LogP contribution < -0.4 is 11.1 Å². The van der Waals surface area contributed by atoms with Crippen LogP contribution in [0.1, 0.15) is 15.9 Å². The number of nitrogens with one attached hydrogen (secondary N) is 1. The number of amides is 1. The molecule has 104 valence electrons. The van der Waals surface area contributed by atoms with Gasteiger partial charge >= 0.3 is 0 Å². The first-order valence-electron chi connectivity index (χ1n) is 6.20. The molecule has 21 heavy (non-hydrogen) atoms. The normalized spacial score (nSPS) is 10.5. The third-order valence-electron chi connectivity index (χ3n) is 2.95. The molecule has 0 spiro atoms. The minimum Gasteiger partial charge on any atom is -0.389 e. The molecule has 3 rings (SSSR count). The predicted molar refractivity (Wildman–Crippen MR) is 89.9 cm³/mol. The Labute approximate surface area is 130 Å². The number of benzene rings is 2. The van der Waals surface area contributed by atoms with Crippen molar-refractivity contribution in [3.8, 4) is 0 Å². The largest absolute Gasteiger partial charge is 0.389 e. The third-order valence-corrected chi connectivity index (χ3v) is 4.13. The Morgan fingerprint density at radius 3 is 2.43 bits per heavy atom. The number of aromatic nitrogens is 1. The molecule has 0 saturated carbocycles. The van der Waals surface area contributed by atoms with Gasteiger partial charge in [0.15, 0.2) is 5.13 Å². The van der Waals surface area contributed by atoms with E-state index in [-0.39, 0.29) is 5.91 Å². The summed E-state index contributed by atoms with van der Waals surface area (Å²) in [5.74, 6) is -0.205. The van der Waals surface area contributed by atoms with Crippen molar-refractivity contribution in [2.24, 2.45) is 5.73 Å². The van der Waals surface area contributed by atoms with Crippen LogP contribution in [0.4, 0.5) is 5.13 Å². The van der Waals surface area contributed by atoms with E-state index in [1.807, 2.05) is 24.3 Å². The summed E-state index contributed by atoms with van der Waals surface area (Å²) in [6.07, 6.45) is 0. The van der Waals surface area contributed by atoms with Gasteiger partial charge in [-0.25, -0.2) is 4.98 Å². The van der Waals surface area contributed by atoms with E-state index in [2.05, 4.69) is 10.3 Å². The van der Waals surface area contributed by atoms with Crippen molar-refractivity contribution in [2.75, 3.05) is 5.32 Å². The third kappa shape index (κ3) is 2.91. The Morgan fingerprint density at radius 1 is 1.10 bits per heavy atom. The molecule has 0 aliphatic heterocycles. The molecule has 1 amide bonds. The molecule has 0 atom stereocenters. The molecule has 0 bridgehead atoms. The molecule has 3 N–H and O–H groups in total. The Kier molecular flexibility index (Phi) is 3.64. The highest BCUT2D eigenvalue weighted by molar-refractivity contribution is 7.80. The number of carbonyl (C=O) groups is 1. The van der Waals surface area contributed by atoms with Crippen molar-refractivity contribution in [2.45, 2.75) is 0 Å². The van der Waals surface area contributed by atoms with Crippen LogP contribution in [-0.2, 0) is 0 Å². The van der Waals surface area contributed by atoms with E-state index in [9.17, 15) is 4.79 Å². The molecule has 0 radical (unpaired) electrons. The van der Waals surface area contributed by atoms with Crippen molar-refractivity contribution in [1.82, 2.24) is 4.98 Å². The average Bonchev–Trinajstić information content (AvgIpc) is 2.89. The van der Waals surface area contributed by atoms with Gasteiger partial charge in [-0.1, -0.05) is 47.8 Å². The number of rotatable bonds is 3. The second kappa shape index (κ2) is 5.59. The molecule has 0 unspecified atom stereocenters. The van der Waals surface area contributed by atoms with Gasteiger partial charge in [0, 0.05) is 11.1 Å². The van der Waals surface area contributed by atoms with Gasteiger partial charge in [-0.2, -0.15) is 0 Å². The molecule has 0 aliphatic rings. The summed E-state index contributed by atoms with van der Waals surface area (Å²) < 4.78 is 1.04. The highest BCUT2D eigenvalue weighted by Crippen LogP contribution is 2.25. The number of thiazole rings is 1. The summed E-state index contributed by atoms with van der Waals surface area (Å²) in [6, 6.07) is 14.6. The van der Waals surface area contributed by atoms with Crippen LogP contribution in [0.2, 0.25) is 0 Å². The Morgan fingerprint density at radius 2 is 1.76 bits per heavy atom. The SMILES string of the molecule is NC(=S)c1ccc(C(=O)Nc2nc3ccccc3s2)cc1. The van der Waals surface area contributed by atoms with Crippen LogP contribution in [0.25, 0.3) is 10.2 Å². The van der Waals surface area contributed by atoms with Gasteiger partial charge in [0.05, 0.1) is 10.2 Å². The van der Waals surface area contributed by atoms with E-state index < -0.39 is 0 Å². The van der Waals surface area contributed by atoms with E-state index in [0.717, 1.165) is 15.8 Å². The number of anilines is 1. The quantitative estimate of drug-likeness (QED) is 0.729. The minimum absolute atomic E-state index is 0.205. The molecule has 1 heterocycles. The molecule has 6 heteroatoms. The number of hydrogen-bond donors (Lipinski definition) is 2. The van der Waals surface area contributed by atoms with E-state index in [4.69, 9.17) is 18.0 Å². The number of thiocarbonyl (C=S) groups is 1. The lowest BCUT2D eigenvalue weighted by atomic mass is 10.1. The zero-order chi connectivity index (χ0) is 14.8. The predicted octanol–water partition coefficient (Wildman–Crippen LogP) is 3.18. The molecule has 0 aliphatic carbocycles. The van der Waals surface area contributed by atoms with Crippen molar-refractivity contribution in [3.63, 3.8) is 0 Å². The van der Waals surface area contributed by atoms with E-state index in [0.29, 0.717) is 15.7 Å². The fourth-order valence-electron chi connectivity index (χ4n) is 1.88. The standard InChI is InChI=1S/C15H11N3OS2/c16-13(20)9-5-7-10(8-6-9)14(19)18-15-17-11-3-1-2-4-12(11)21-15/h1-8H,(H2,16,20)(H,17,18,19). The van der Waals surface area contributed by atoms with E-state index in [1.54, 1.807) is 24.3 Å². The summed E-state index contributed by atoms with van der Waals surface area (Å²) in [5.41, 5.74) is 7.68. The van der Waals surface area contributed by atoms with Crippen LogP contribution >= 0.6 is 23.6 Å². The molecular formula is C15H11N3OS2. The average molecular weight is 313 g/mol. The number of nitrogens with zero attached hydrogens (tertiary/aromatic N) is 1. The van der Waals surface area contributed by atoms with Gasteiger partial charge in [-0.3, -0.25) is 10.1 Å². The maximum absolute atomic E-state index is 12.2. The fraction of sp³-hybridized carbons (Fsp3) is 0. The number of carbonyl (C=O) groups excluding carboxylic acids is 1. The Balaban J connectivity index is 1.80. The summed E-state index contributed by atoms with van der Waals surface area (Å²) in [4.78, 5) is 16.8. The second-order valence-corrected chi connectivity index (χ2v) is 5.85. The lowest BCUT2D eigenvalue weighted by Gasteiger charge is -2.03. The van der Waals surface area contributed by atoms with E-state index in [1.165, 1.54) is 11.3 Å². The summed E-state index contributed by atoms with van der Waals surface area (Å²) in [7, 11) is 0. The topological polar surface area (TPSA) is 68.0 Å². The number of para-hydroxylation sites is 1. The number of nitrogens with two attached hydrogens (primary N) is 1. The summed E-state index contributed by atoms with van der Waals surface area (Å²) in [5, 5.41) is 3.38. The second-order valence-electron chi connectivity index (χ2n) is 4.38. The van der Waals surface area contributed by atoms with Crippen LogP contribution in [0.3, 0.4) is 0 Å². The first-order valence-corrected chi connectivity index (χ1v) is 7.43. The first-order chi connectivity index (χ1) is 10.1. The van der Waals surface area contributed by atoms with Gasteiger partial charge in [0.2, 0.25) is 0 Å². The van der Waals surface area contributed by atoms with Gasteiger partial charge in [-0.05, 0) is 24.3 Å². The van der Waals surface area contributed by atoms with Crippen LogP contribution in [0.5, 0.6) is 0 Å². The molecule has 0 saturated heterocycles. The highest BCUT2D eigenvalue weighted by atomic mass is 32.1. The van der Waals surface area contributed by atoms with Gasteiger partial charge < -0.3 is 5.73 Å². The van der Waals surface area contributed by atoms with Crippen molar-refractivity contribution < 1.29 is 4.79 Å². The van der Waals surface area contributed by atoms with Gasteiger partial charge in [-0.15, -0.1) is 0 Å². The number of hydrogen-bond acceptors (Lipinski definition) is 4. The highest BCUT2D eigenvalue weighted by Gasteiger charge is 2.10. The smallest absolute Gasteiger partial charge is 0.257 e. The molecule has 2 aromatic carbocycles. The summed E-state index contributed by atoms with van der Waals surface area (Å²) in [6.45, 7) is 0. The zero-order valence-electron chi connectivity index (χ0n) is 10.9. The van der Waals surface area contributed by atoms with Crippen molar-refractivity contribution >= 4 is 49.8 Å². The molecule has 4 nitrogen and oxygen atoms in total. The Bertz CT molecular complexity index is 791. The van der Waals surface area contributed by atoms with E-state index >= 15 is 0 Å². The van der Waals surface area contributed by atoms with Gasteiger partial charge in [0.1, 0.15) is 4.99 Å². The lowest BCUT2D eigenvalue weighted by Crippen LogP contribution is -2.13. The lowest BCUT2D eigenvalue weighted by molar-refractivity contribution is 0.102. The molecule has 0 fully saturated rings. The monoisotopic (exact) mass is 313 g/mol. The molecule has 3 aromatic rings. The molecular weight excluding hydrogens is 302 g/mol.